The maximum Gasteiger partial charge on any atom is 0.159 e. The van der Waals surface area contributed by atoms with Crippen molar-refractivity contribution in [3.63, 3.8) is 0 Å². The molecule has 0 bridgehead atoms. The summed E-state index contributed by atoms with van der Waals surface area (Å²) in [6.45, 7) is 48.4. The van der Waals surface area contributed by atoms with Gasteiger partial charge in [-0.05, 0) is 197 Å². The Morgan fingerprint density at radius 1 is 0.231 bits per heavy atom. The molecule has 16 aromatic rings. The first kappa shape index (κ1) is 90.6. The molecule has 15 aromatic heterocycles. The summed E-state index contributed by atoms with van der Waals surface area (Å²) < 4.78 is 2.09. The Kier molecular flexibility index (Phi) is 47.4. The number of benzene rings is 1. The number of aromatic nitrogens is 16. The molecular formula is C88H114N16. The van der Waals surface area contributed by atoms with Crippen LogP contribution in [0.3, 0.4) is 0 Å². The summed E-state index contributed by atoms with van der Waals surface area (Å²) in [5.41, 5.74) is 16.5. The second-order valence-electron chi connectivity index (χ2n) is 20.4. The number of fused-ring (bicyclic) bond motifs is 8. The molecule has 104 heavy (non-hydrogen) atoms. The third-order valence-corrected chi connectivity index (χ3v) is 14.2. The smallest absolute Gasteiger partial charge is 0.159 e. The lowest BCUT2D eigenvalue weighted by atomic mass is 10.1. The molecule has 0 saturated heterocycles. The van der Waals surface area contributed by atoms with Crippen LogP contribution in [0.4, 0.5) is 0 Å². The van der Waals surface area contributed by atoms with Crippen molar-refractivity contribution in [1.82, 2.24) is 79.3 Å². The molecule has 0 atom stereocenters. The van der Waals surface area contributed by atoms with Gasteiger partial charge in [0.2, 0.25) is 0 Å². The zero-order valence-corrected chi connectivity index (χ0v) is 66.7. The molecule has 15 heterocycles. The van der Waals surface area contributed by atoms with Gasteiger partial charge in [-0.15, -0.1) is 0 Å². The lowest BCUT2D eigenvalue weighted by molar-refractivity contribution is 0.886. The van der Waals surface area contributed by atoms with E-state index in [0.29, 0.717) is 0 Å². The van der Waals surface area contributed by atoms with Crippen LogP contribution in [-0.4, -0.2) is 79.3 Å². The number of imidazole rings is 1. The van der Waals surface area contributed by atoms with Gasteiger partial charge in [0.15, 0.2) is 5.65 Å². The Morgan fingerprint density at radius 3 is 1.25 bits per heavy atom. The number of para-hydroxylation sites is 2. The highest BCUT2D eigenvalue weighted by Crippen LogP contribution is 2.19. The van der Waals surface area contributed by atoms with Crippen LogP contribution in [-0.2, 0) is 7.05 Å². The first-order valence-electron chi connectivity index (χ1n) is 36.4. The van der Waals surface area contributed by atoms with Gasteiger partial charge < -0.3 is 4.57 Å². The molecule has 0 aliphatic carbocycles. The zero-order chi connectivity index (χ0) is 77.6. The molecule has 0 unspecified atom stereocenters. The van der Waals surface area contributed by atoms with Gasteiger partial charge in [0, 0.05) is 169 Å². The molecule has 0 aliphatic heterocycles. The van der Waals surface area contributed by atoms with Crippen molar-refractivity contribution < 1.29 is 0 Å². The lowest BCUT2D eigenvalue weighted by Crippen LogP contribution is -1.89. The Bertz CT molecular complexity index is 4130. The average Bonchev–Trinajstić information content (AvgIpc) is 1.75. The first-order valence-corrected chi connectivity index (χ1v) is 36.4. The van der Waals surface area contributed by atoms with Gasteiger partial charge in [-0.3, -0.25) is 59.8 Å². The molecular weight excluding hydrogens is 1280 g/mol. The van der Waals surface area contributed by atoms with Crippen LogP contribution in [0.5, 0.6) is 0 Å². The molecule has 0 N–H and O–H groups in total. The Labute approximate surface area is 620 Å². The van der Waals surface area contributed by atoms with Crippen molar-refractivity contribution in [3.05, 3.63) is 284 Å². The van der Waals surface area contributed by atoms with E-state index in [-0.39, 0.29) is 0 Å². The van der Waals surface area contributed by atoms with Crippen molar-refractivity contribution in [2.24, 2.45) is 7.05 Å². The summed E-state index contributed by atoms with van der Waals surface area (Å²) in [5, 5.41) is 9.23. The average molecular weight is 1400 g/mol. The summed E-state index contributed by atoms with van der Waals surface area (Å²) in [4.78, 5) is 62.0. The van der Waals surface area contributed by atoms with Gasteiger partial charge in [0.1, 0.15) is 5.82 Å². The summed E-state index contributed by atoms with van der Waals surface area (Å²) in [5.74, 6) is 1.06. The zero-order valence-electron chi connectivity index (χ0n) is 66.7. The highest BCUT2D eigenvalue weighted by molar-refractivity contribution is 5.85. The summed E-state index contributed by atoms with van der Waals surface area (Å²) in [7, 11) is 2.03. The van der Waals surface area contributed by atoms with Crippen LogP contribution >= 0.6 is 0 Å². The monoisotopic (exact) mass is 1390 g/mol. The van der Waals surface area contributed by atoms with Crippen LogP contribution in [0.1, 0.15) is 156 Å². The van der Waals surface area contributed by atoms with E-state index < -0.39 is 0 Å². The number of rotatable bonds is 0. The highest BCUT2D eigenvalue weighted by Gasteiger charge is 2.02. The number of aryl methyl sites for hydroxylation is 9. The van der Waals surface area contributed by atoms with Gasteiger partial charge in [0.25, 0.3) is 0 Å². The van der Waals surface area contributed by atoms with E-state index in [4.69, 9.17) is 0 Å². The first-order chi connectivity index (χ1) is 50.9. The fourth-order valence-corrected chi connectivity index (χ4v) is 9.22. The normalized spacial score (nSPS) is 9.20. The fourth-order valence-electron chi connectivity index (χ4n) is 9.22. The highest BCUT2D eigenvalue weighted by atomic mass is 15.0. The molecule has 0 spiro atoms. The molecule has 0 amide bonds. The van der Waals surface area contributed by atoms with E-state index in [9.17, 15) is 0 Å². The molecule has 0 radical (unpaired) electrons. The lowest BCUT2D eigenvalue weighted by Gasteiger charge is -1.97. The minimum absolute atomic E-state index is 0.826. The van der Waals surface area contributed by atoms with Gasteiger partial charge >= 0.3 is 0 Å². The fraction of sp³-hybridized carbons (Fsp3) is 0.284. The number of pyridine rings is 14. The SMILES string of the molecule is CC.CC.CC.CC.CC.CC.CC.CC.Cc1ccnc2cccnc12.Cc1ccnc2ccncc12.Cc1ccnc2cnccc12.Cc1ccnc2ncccc12.Cc1cncc2cccnc12.Cc1cncc2ccncc12.Cc1cncc2cnccc12.Cc1nc2ccccc2n1C. The van der Waals surface area contributed by atoms with Crippen LogP contribution in [0.2, 0.25) is 0 Å². The number of nitrogens with zero attached hydrogens (tertiary/aromatic N) is 16. The van der Waals surface area contributed by atoms with Gasteiger partial charge in [-0.1, -0.05) is 123 Å². The van der Waals surface area contributed by atoms with E-state index in [2.05, 4.69) is 113 Å². The van der Waals surface area contributed by atoms with Gasteiger partial charge in [-0.25, -0.2) is 15.0 Å². The summed E-state index contributed by atoms with van der Waals surface area (Å²) in [6.07, 6.45) is 38.1. The molecule has 16 rings (SSSR count). The van der Waals surface area contributed by atoms with Crippen molar-refractivity contribution in [1.29, 1.82) is 0 Å². The topological polar surface area (TPSA) is 198 Å². The van der Waals surface area contributed by atoms with Crippen LogP contribution in [0.15, 0.2) is 239 Å². The van der Waals surface area contributed by atoms with Crippen molar-refractivity contribution >= 4 is 87.4 Å². The van der Waals surface area contributed by atoms with Gasteiger partial charge in [0.05, 0.1) is 44.8 Å². The van der Waals surface area contributed by atoms with Crippen molar-refractivity contribution in [2.75, 3.05) is 0 Å². The molecule has 16 nitrogen and oxygen atoms in total. The van der Waals surface area contributed by atoms with Crippen LogP contribution in [0, 0.1) is 55.4 Å². The Hall–Kier alpha value is -11.4. The van der Waals surface area contributed by atoms with E-state index >= 15 is 0 Å². The molecule has 16 heteroatoms. The number of hydrogen-bond acceptors (Lipinski definition) is 15. The minimum Gasteiger partial charge on any atom is -0.331 e. The largest absolute Gasteiger partial charge is 0.331 e. The second-order valence-corrected chi connectivity index (χ2v) is 20.4. The third-order valence-electron chi connectivity index (χ3n) is 14.2. The molecule has 1 aromatic carbocycles. The molecule has 546 valence electrons. The quantitative estimate of drug-likeness (QED) is 0.139. The maximum atomic E-state index is 4.38. The van der Waals surface area contributed by atoms with E-state index in [1.807, 2.05) is 311 Å². The van der Waals surface area contributed by atoms with E-state index in [1.54, 1.807) is 68.2 Å². The molecule has 0 aliphatic rings. The summed E-state index contributed by atoms with van der Waals surface area (Å²) in [6, 6.07) is 35.7. The van der Waals surface area contributed by atoms with Crippen molar-refractivity contribution in [3.8, 4) is 0 Å². The Morgan fingerprint density at radius 2 is 0.663 bits per heavy atom. The molecule has 0 saturated carbocycles. The maximum absolute atomic E-state index is 4.38. The van der Waals surface area contributed by atoms with Crippen LogP contribution < -0.4 is 0 Å². The Balaban J connectivity index is 0.000000578. The summed E-state index contributed by atoms with van der Waals surface area (Å²) >= 11 is 0. The minimum atomic E-state index is 0.826. The van der Waals surface area contributed by atoms with Gasteiger partial charge in [-0.2, -0.15) is 0 Å². The standard InChI is InChI=1S/C9H10N2.7C9H8N2.8C2H6/c1-7-10-8-5-3-4-6-9(8)11(7)2;1-7-2-5-11-9-3-4-10-6-8(7)9;1-7-2-5-11-9-6-10-4-3-8(7)9;1-7-4-11-6-8-5-10-3-2-9(7)8;1-7-4-11-5-8-2-3-10-6-9(7)8;1-7-4-6-10-8-3-2-5-11-9(7)8;1-7-4-6-11-9-8(7)3-2-5-10-9;1-7-5-10-6-8-3-2-4-11-9(7)8;8*1-2/h3-6H,1-2H3;7*2-6H,1H3;8*1-2H3. The second kappa shape index (κ2) is 54.4. The van der Waals surface area contributed by atoms with E-state index in [0.717, 1.165) is 77.1 Å². The number of hydrogen-bond donors (Lipinski definition) is 0. The molecule has 0 fully saturated rings. The third kappa shape index (κ3) is 28.9. The van der Waals surface area contributed by atoms with Crippen molar-refractivity contribution in [2.45, 2.75) is 166 Å². The van der Waals surface area contributed by atoms with Crippen LogP contribution in [0.25, 0.3) is 87.4 Å². The predicted molar refractivity (Wildman–Crippen MR) is 446 cm³/mol. The predicted octanol–water partition coefficient (Wildman–Crippen LogP) is 23.7. The van der Waals surface area contributed by atoms with E-state index in [1.165, 1.54) is 55.1 Å².